The zero-order valence-electron chi connectivity index (χ0n) is 23.8. The summed E-state index contributed by atoms with van der Waals surface area (Å²) in [5.41, 5.74) is 3.13. The quantitative estimate of drug-likeness (QED) is 0.426. The number of benzene rings is 1. The molecule has 9 nitrogen and oxygen atoms in total. The number of hydrogen-bond acceptors (Lipinski definition) is 7. The number of carbonyl (C=O) groups is 1. The van der Waals surface area contributed by atoms with Gasteiger partial charge >= 0.3 is 0 Å². The Morgan fingerprint density at radius 3 is 2.28 bits per heavy atom. The van der Waals surface area contributed by atoms with Crippen molar-refractivity contribution in [3.63, 3.8) is 0 Å². The van der Waals surface area contributed by atoms with Gasteiger partial charge in [-0.25, -0.2) is 9.67 Å². The zero-order chi connectivity index (χ0) is 27.8. The standard InChI is InChI=1S/C26H34N8O.C4H8/c1-19-16-32(17-20(2)34(19)21(3)35)25-15-24(11-12-27-25)33-18-28-26(30-33)29-22-7-9-23(10-8-22)31-13-5-4-6-14-31;1-3-4-2/h7-12,15,18-20H,4-6,13-14,16-17H2,1-3H3,(H,29,30);3H,1,4H2,2H3/t19-,20+;. The van der Waals surface area contributed by atoms with Crippen LogP contribution < -0.4 is 15.1 Å². The molecule has 0 aliphatic carbocycles. The van der Waals surface area contributed by atoms with Gasteiger partial charge in [-0.1, -0.05) is 13.0 Å². The maximum Gasteiger partial charge on any atom is 0.246 e. The van der Waals surface area contributed by atoms with Crippen molar-refractivity contribution < 1.29 is 4.79 Å². The molecule has 2 atom stereocenters. The second-order valence-corrected chi connectivity index (χ2v) is 10.3. The van der Waals surface area contributed by atoms with E-state index < -0.39 is 0 Å². The van der Waals surface area contributed by atoms with Crippen molar-refractivity contribution >= 4 is 29.0 Å². The number of nitrogens with one attached hydrogen (secondary N) is 1. The number of aromatic nitrogens is 4. The molecule has 0 saturated carbocycles. The van der Waals surface area contributed by atoms with Crippen LogP contribution in [-0.4, -0.2) is 68.8 Å². The Hall–Kier alpha value is -3.88. The third-order valence-corrected chi connectivity index (χ3v) is 7.23. The molecule has 9 heteroatoms. The summed E-state index contributed by atoms with van der Waals surface area (Å²) in [5.74, 6) is 1.55. The molecule has 2 aromatic heterocycles. The number of nitrogens with zero attached hydrogens (tertiary/aromatic N) is 7. The Kier molecular flexibility index (Phi) is 9.57. The normalized spacial score (nSPS) is 19.2. The van der Waals surface area contributed by atoms with E-state index in [1.807, 2.05) is 23.1 Å². The van der Waals surface area contributed by atoms with Crippen molar-refractivity contribution in [2.75, 3.05) is 41.3 Å². The Balaban J connectivity index is 0.000000826. The van der Waals surface area contributed by atoms with Crippen molar-refractivity contribution in [3.05, 3.63) is 61.6 Å². The zero-order valence-corrected chi connectivity index (χ0v) is 23.8. The summed E-state index contributed by atoms with van der Waals surface area (Å²) < 4.78 is 1.76. The number of amides is 1. The fourth-order valence-corrected chi connectivity index (χ4v) is 5.34. The number of anilines is 4. The number of carbonyl (C=O) groups excluding carboxylic acids is 1. The minimum absolute atomic E-state index is 0.120. The second kappa shape index (κ2) is 13.3. The lowest BCUT2D eigenvalue weighted by molar-refractivity contribution is -0.133. The van der Waals surface area contributed by atoms with Crippen LogP contribution in [0, 0.1) is 0 Å². The number of piperidine rings is 1. The number of hydrogen-bond donors (Lipinski definition) is 1. The molecular formula is C30H42N8O. The molecule has 0 radical (unpaired) electrons. The molecule has 4 heterocycles. The van der Waals surface area contributed by atoms with Crippen molar-refractivity contribution in [2.24, 2.45) is 0 Å². The summed E-state index contributed by atoms with van der Waals surface area (Å²) in [5, 5.41) is 7.93. The third kappa shape index (κ3) is 7.16. The van der Waals surface area contributed by atoms with Crippen LogP contribution in [0.15, 0.2) is 61.6 Å². The average Bonchev–Trinajstić information content (AvgIpc) is 3.42. The molecule has 1 amide bonds. The van der Waals surface area contributed by atoms with E-state index in [0.717, 1.165) is 49.8 Å². The second-order valence-electron chi connectivity index (χ2n) is 10.3. The van der Waals surface area contributed by atoms with E-state index in [0.29, 0.717) is 5.95 Å². The van der Waals surface area contributed by atoms with E-state index in [9.17, 15) is 4.79 Å². The molecule has 2 fully saturated rings. The van der Waals surface area contributed by atoms with Crippen LogP contribution in [0.3, 0.4) is 0 Å². The van der Waals surface area contributed by atoms with Gasteiger partial charge in [0.15, 0.2) is 0 Å². The first-order valence-corrected chi connectivity index (χ1v) is 14.0. The van der Waals surface area contributed by atoms with Gasteiger partial charge in [0.2, 0.25) is 11.9 Å². The average molecular weight is 531 g/mol. The largest absolute Gasteiger partial charge is 0.372 e. The minimum atomic E-state index is 0.120. The number of pyridine rings is 1. The van der Waals surface area contributed by atoms with E-state index in [1.165, 1.54) is 24.9 Å². The van der Waals surface area contributed by atoms with E-state index in [4.69, 9.17) is 0 Å². The summed E-state index contributed by atoms with van der Waals surface area (Å²) in [7, 11) is 0. The van der Waals surface area contributed by atoms with Gasteiger partial charge in [-0.05, 0) is 69.9 Å². The van der Waals surface area contributed by atoms with E-state index in [2.05, 4.69) is 81.8 Å². The van der Waals surface area contributed by atoms with Crippen LogP contribution in [0.2, 0.25) is 0 Å². The van der Waals surface area contributed by atoms with Gasteiger partial charge in [0, 0.05) is 68.8 Å². The highest BCUT2D eigenvalue weighted by Crippen LogP contribution is 2.25. The predicted molar refractivity (Wildman–Crippen MR) is 159 cm³/mol. The molecule has 2 saturated heterocycles. The first-order valence-electron chi connectivity index (χ1n) is 14.0. The monoisotopic (exact) mass is 530 g/mol. The highest BCUT2D eigenvalue weighted by Gasteiger charge is 2.31. The van der Waals surface area contributed by atoms with Crippen molar-refractivity contribution in [2.45, 2.75) is 65.5 Å². The van der Waals surface area contributed by atoms with Gasteiger partial charge < -0.3 is 20.0 Å². The van der Waals surface area contributed by atoms with Gasteiger partial charge in [0.05, 0.1) is 5.69 Å². The number of allylic oxidation sites excluding steroid dienone is 1. The molecule has 0 bridgehead atoms. The lowest BCUT2D eigenvalue weighted by Crippen LogP contribution is -2.58. The summed E-state index contributed by atoms with van der Waals surface area (Å²) in [6.45, 7) is 15.1. The lowest BCUT2D eigenvalue weighted by atomic mass is 10.1. The molecule has 1 aromatic carbocycles. The summed E-state index contributed by atoms with van der Waals surface area (Å²) in [4.78, 5) is 27.7. The first kappa shape index (κ1) is 28.1. The van der Waals surface area contributed by atoms with Gasteiger partial charge in [-0.2, -0.15) is 4.98 Å². The fourth-order valence-electron chi connectivity index (χ4n) is 5.34. The van der Waals surface area contributed by atoms with Crippen molar-refractivity contribution in [1.82, 2.24) is 24.6 Å². The van der Waals surface area contributed by atoms with Crippen LogP contribution in [0.25, 0.3) is 5.69 Å². The van der Waals surface area contributed by atoms with E-state index in [1.54, 1.807) is 24.1 Å². The summed E-state index contributed by atoms with van der Waals surface area (Å²) in [6, 6.07) is 12.7. The van der Waals surface area contributed by atoms with Crippen LogP contribution in [0.4, 0.5) is 23.1 Å². The van der Waals surface area contributed by atoms with Crippen LogP contribution in [0.1, 0.15) is 53.4 Å². The molecule has 1 N–H and O–H groups in total. The lowest BCUT2D eigenvalue weighted by Gasteiger charge is -2.44. The Morgan fingerprint density at radius 2 is 1.67 bits per heavy atom. The predicted octanol–water partition coefficient (Wildman–Crippen LogP) is 5.42. The van der Waals surface area contributed by atoms with Gasteiger partial charge in [0.1, 0.15) is 12.1 Å². The highest BCUT2D eigenvalue weighted by atomic mass is 16.2. The van der Waals surface area contributed by atoms with Crippen molar-refractivity contribution in [1.29, 1.82) is 0 Å². The molecule has 2 aliphatic heterocycles. The molecule has 208 valence electrons. The van der Waals surface area contributed by atoms with E-state index in [-0.39, 0.29) is 18.0 Å². The molecular weight excluding hydrogens is 488 g/mol. The van der Waals surface area contributed by atoms with Gasteiger partial charge in [0.25, 0.3) is 0 Å². The third-order valence-electron chi connectivity index (χ3n) is 7.23. The van der Waals surface area contributed by atoms with Crippen LogP contribution in [0.5, 0.6) is 0 Å². The topological polar surface area (TPSA) is 82.4 Å². The Bertz CT molecular complexity index is 1210. The van der Waals surface area contributed by atoms with Gasteiger partial charge in [-0.15, -0.1) is 11.7 Å². The van der Waals surface area contributed by atoms with Crippen molar-refractivity contribution in [3.8, 4) is 5.69 Å². The van der Waals surface area contributed by atoms with Crippen LogP contribution >= 0.6 is 0 Å². The molecule has 3 aromatic rings. The maximum absolute atomic E-state index is 12.0. The molecule has 39 heavy (non-hydrogen) atoms. The maximum atomic E-state index is 12.0. The number of rotatable bonds is 6. The van der Waals surface area contributed by atoms with E-state index >= 15 is 0 Å². The Labute approximate surface area is 232 Å². The van der Waals surface area contributed by atoms with Crippen LogP contribution in [-0.2, 0) is 4.79 Å². The smallest absolute Gasteiger partial charge is 0.246 e. The molecule has 0 spiro atoms. The number of piperazine rings is 1. The molecule has 0 unspecified atom stereocenters. The highest BCUT2D eigenvalue weighted by molar-refractivity contribution is 5.74. The Morgan fingerprint density at radius 1 is 1.00 bits per heavy atom. The minimum Gasteiger partial charge on any atom is -0.372 e. The summed E-state index contributed by atoms with van der Waals surface area (Å²) >= 11 is 0. The summed E-state index contributed by atoms with van der Waals surface area (Å²) in [6.07, 6.45) is 10.3. The molecule has 5 rings (SSSR count). The molecule has 2 aliphatic rings. The SMILES string of the molecule is C=CCC.CC(=O)N1[C@H](C)CN(c2cc(-n3cnc(Nc4ccc(N5CCCCC5)cc4)n3)ccn2)C[C@@H]1C. The van der Waals surface area contributed by atoms with Gasteiger partial charge in [-0.3, -0.25) is 4.79 Å². The first-order chi connectivity index (χ1) is 18.9. The fraction of sp³-hybridized carbons (Fsp3) is 0.467.